The molecule has 1 amide bonds. The number of anilines is 1. The van der Waals surface area contributed by atoms with Gasteiger partial charge in [-0.1, -0.05) is 24.6 Å². The Balaban J connectivity index is 1.24. The summed E-state index contributed by atoms with van der Waals surface area (Å²) in [6, 6.07) is 11.8. The van der Waals surface area contributed by atoms with E-state index in [1.165, 1.54) is 0 Å². The van der Waals surface area contributed by atoms with Crippen molar-refractivity contribution >= 4 is 34.3 Å². The van der Waals surface area contributed by atoms with Gasteiger partial charge < -0.3 is 15.5 Å². The third kappa shape index (κ3) is 5.29. The number of rotatable bonds is 7. The van der Waals surface area contributed by atoms with Gasteiger partial charge in [0.05, 0.1) is 17.4 Å². The maximum absolute atomic E-state index is 12.3. The summed E-state index contributed by atoms with van der Waals surface area (Å²) in [5, 5.41) is 10.4. The number of unbranched alkanes of at least 4 members (excludes halogenated alkanes) is 1. The smallest absolute Gasteiger partial charge is 0.240 e. The lowest BCUT2D eigenvalue weighted by molar-refractivity contribution is -0.131. The molecule has 3 heterocycles. The number of benzene rings is 1. The number of para-hydroxylation sites is 1. The molecule has 1 aromatic carbocycles. The maximum Gasteiger partial charge on any atom is 0.240 e. The van der Waals surface area contributed by atoms with Crippen LogP contribution in [0, 0.1) is 11.3 Å². The Kier molecular flexibility index (Phi) is 7.28. The van der Waals surface area contributed by atoms with Crippen LogP contribution in [0.2, 0.25) is 0 Å². The minimum atomic E-state index is -0.357. The summed E-state index contributed by atoms with van der Waals surface area (Å²) in [4.78, 5) is 23.5. The molecule has 1 unspecified atom stereocenters. The second-order valence-corrected chi connectivity index (χ2v) is 9.30. The van der Waals surface area contributed by atoms with Crippen molar-refractivity contribution in [1.82, 2.24) is 14.8 Å². The van der Waals surface area contributed by atoms with E-state index in [0.717, 1.165) is 86.8 Å². The first kappa shape index (κ1) is 21.9. The Morgan fingerprint density at radius 3 is 2.74 bits per heavy atom. The molecule has 0 radical (unpaired) electrons. The highest BCUT2D eigenvalue weighted by molar-refractivity contribution is 7.99. The van der Waals surface area contributed by atoms with Gasteiger partial charge in [-0.15, -0.1) is 11.8 Å². The second-order valence-electron chi connectivity index (χ2n) is 8.23. The van der Waals surface area contributed by atoms with Gasteiger partial charge in [-0.25, -0.2) is 4.98 Å². The van der Waals surface area contributed by atoms with Crippen LogP contribution in [0.1, 0.15) is 25.0 Å². The Hall–Kier alpha value is -2.34. The zero-order valence-corrected chi connectivity index (χ0v) is 18.7. The van der Waals surface area contributed by atoms with E-state index in [0.29, 0.717) is 5.69 Å². The fourth-order valence-electron chi connectivity index (χ4n) is 4.33. The largest absolute Gasteiger partial charge is 0.368 e. The molecule has 0 spiro atoms. The summed E-state index contributed by atoms with van der Waals surface area (Å²) in [5.74, 6) is 1.93. The summed E-state index contributed by atoms with van der Waals surface area (Å²) in [5.41, 5.74) is 8.56. The highest BCUT2D eigenvalue weighted by Crippen LogP contribution is 2.27. The molecule has 8 heteroatoms. The fourth-order valence-corrected chi connectivity index (χ4v) is 5.29. The number of nitrogens with two attached hydrogens (primary N) is 1. The third-order valence-corrected chi connectivity index (χ3v) is 7.11. The first-order valence-corrected chi connectivity index (χ1v) is 12.2. The van der Waals surface area contributed by atoms with E-state index in [1.54, 1.807) is 11.8 Å². The van der Waals surface area contributed by atoms with Crippen LogP contribution >= 0.6 is 11.8 Å². The average Bonchev–Trinajstić information content (AvgIpc) is 3.36. The lowest BCUT2D eigenvalue weighted by Crippen LogP contribution is -2.46. The highest BCUT2D eigenvalue weighted by Gasteiger charge is 2.24. The van der Waals surface area contributed by atoms with Gasteiger partial charge in [0, 0.05) is 49.6 Å². The number of thioether (sulfide) groups is 1. The quantitative estimate of drug-likeness (QED) is 0.663. The minimum absolute atomic E-state index is 0.111. The van der Waals surface area contributed by atoms with Crippen LogP contribution in [0.4, 0.5) is 5.69 Å². The van der Waals surface area contributed by atoms with Gasteiger partial charge in [-0.2, -0.15) is 5.26 Å². The van der Waals surface area contributed by atoms with E-state index in [4.69, 9.17) is 5.73 Å². The van der Waals surface area contributed by atoms with Crippen molar-refractivity contribution in [1.29, 1.82) is 5.26 Å². The number of amides is 1. The van der Waals surface area contributed by atoms with Crippen LogP contribution in [-0.4, -0.2) is 77.6 Å². The molecular weight excluding hydrogens is 408 g/mol. The number of piperazine rings is 1. The molecule has 0 aliphatic carbocycles. The van der Waals surface area contributed by atoms with Crippen molar-refractivity contribution in [2.24, 2.45) is 5.73 Å². The SMILES string of the molecule is N#Cc1cc(N2CCN(CCCCC(N)C(=O)N3CCSC3)CC2)c2ccccc2n1. The monoisotopic (exact) mass is 438 g/mol. The molecule has 7 nitrogen and oxygen atoms in total. The number of fused-ring (bicyclic) bond motifs is 1. The van der Waals surface area contributed by atoms with Crippen molar-refractivity contribution < 1.29 is 4.79 Å². The normalized spacial score (nSPS) is 18.3. The summed E-state index contributed by atoms with van der Waals surface area (Å²) < 4.78 is 0. The second kappa shape index (κ2) is 10.3. The maximum atomic E-state index is 12.3. The predicted molar refractivity (Wildman–Crippen MR) is 126 cm³/mol. The molecule has 164 valence electrons. The summed E-state index contributed by atoms with van der Waals surface area (Å²) in [6.45, 7) is 5.73. The molecule has 1 aromatic heterocycles. The Bertz CT molecular complexity index is 947. The molecule has 2 fully saturated rings. The van der Waals surface area contributed by atoms with E-state index in [9.17, 15) is 10.1 Å². The van der Waals surface area contributed by atoms with Gasteiger partial charge in [0.25, 0.3) is 0 Å². The predicted octanol–water partition coefficient (Wildman–Crippen LogP) is 2.26. The zero-order valence-electron chi connectivity index (χ0n) is 17.9. The van der Waals surface area contributed by atoms with Crippen LogP contribution in [0.3, 0.4) is 0 Å². The molecule has 2 aromatic rings. The number of nitriles is 1. The van der Waals surface area contributed by atoms with Crippen molar-refractivity contribution in [3.63, 3.8) is 0 Å². The van der Waals surface area contributed by atoms with Gasteiger partial charge in [-0.05, 0) is 31.5 Å². The number of carbonyl (C=O) groups excluding carboxylic acids is 1. The van der Waals surface area contributed by atoms with E-state index in [2.05, 4.69) is 26.9 Å². The average molecular weight is 439 g/mol. The van der Waals surface area contributed by atoms with Crippen LogP contribution in [0.25, 0.3) is 10.9 Å². The van der Waals surface area contributed by atoms with Crippen LogP contribution in [0.15, 0.2) is 30.3 Å². The molecule has 31 heavy (non-hydrogen) atoms. The van der Waals surface area contributed by atoms with E-state index >= 15 is 0 Å². The van der Waals surface area contributed by atoms with Crippen molar-refractivity contribution in [3.05, 3.63) is 36.0 Å². The van der Waals surface area contributed by atoms with Gasteiger partial charge in [0.15, 0.2) is 0 Å². The fraction of sp³-hybridized carbons (Fsp3) is 0.522. The van der Waals surface area contributed by atoms with Gasteiger partial charge >= 0.3 is 0 Å². The molecule has 0 bridgehead atoms. The molecule has 2 N–H and O–H groups in total. The number of hydrogen-bond donors (Lipinski definition) is 1. The summed E-state index contributed by atoms with van der Waals surface area (Å²) >= 11 is 1.80. The van der Waals surface area contributed by atoms with Crippen molar-refractivity contribution in [2.75, 3.05) is 55.8 Å². The number of carbonyl (C=O) groups is 1. The number of nitrogens with zero attached hydrogens (tertiary/aromatic N) is 5. The standard InChI is InChI=1S/C23H30N6OS/c24-16-18-15-22(19-5-1-2-7-21(19)26-18)28-11-9-27(10-12-28)8-4-3-6-20(25)23(30)29-13-14-31-17-29/h1-2,5,7,15,20H,3-4,6,8-14,17,25H2. The molecule has 2 aliphatic heterocycles. The Labute approximate surface area is 188 Å². The van der Waals surface area contributed by atoms with Crippen molar-refractivity contribution in [3.8, 4) is 6.07 Å². The first-order chi connectivity index (χ1) is 15.2. The van der Waals surface area contributed by atoms with Gasteiger partial charge in [-0.3, -0.25) is 9.69 Å². The zero-order chi connectivity index (χ0) is 21.6. The third-order valence-electron chi connectivity index (χ3n) is 6.14. The molecule has 2 aliphatic rings. The molecule has 4 rings (SSSR count). The van der Waals surface area contributed by atoms with Crippen LogP contribution < -0.4 is 10.6 Å². The molecular formula is C23H30N6OS. The van der Waals surface area contributed by atoms with E-state index < -0.39 is 0 Å². The van der Waals surface area contributed by atoms with Crippen LogP contribution in [-0.2, 0) is 4.79 Å². The number of pyridine rings is 1. The first-order valence-electron chi connectivity index (χ1n) is 11.0. The minimum Gasteiger partial charge on any atom is -0.368 e. The highest BCUT2D eigenvalue weighted by atomic mass is 32.2. The lowest BCUT2D eigenvalue weighted by atomic mass is 10.1. The van der Waals surface area contributed by atoms with E-state index in [-0.39, 0.29) is 11.9 Å². The van der Waals surface area contributed by atoms with Crippen LogP contribution in [0.5, 0.6) is 0 Å². The lowest BCUT2D eigenvalue weighted by Gasteiger charge is -2.36. The number of hydrogen-bond acceptors (Lipinski definition) is 7. The molecule has 2 saturated heterocycles. The Morgan fingerprint density at radius 1 is 1.19 bits per heavy atom. The topological polar surface area (TPSA) is 89.5 Å². The molecule has 1 atom stereocenters. The van der Waals surface area contributed by atoms with Gasteiger partial charge in [0.2, 0.25) is 5.91 Å². The number of aromatic nitrogens is 1. The van der Waals surface area contributed by atoms with Crippen molar-refractivity contribution in [2.45, 2.75) is 25.3 Å². The Morgan fingerprint density at radius 2 is 2.00 bits per heavy atom. The van der Waals surface area contributed by atoms with Gasteiger partial charge in [0.1, 0.15) is 11.8 Å². The molecule has 0 saturated carbocycles. The summed E-state index contributed by atoms with van der Waals surface area (Å²) in [6.07, 6.45) is 2.81. The van der Waals surface area contributed by atoms with E-state index in [1.807, 2.05) is 29.2 Å². The summed E-state index contributed by atoms with van der Waals surface area (Å²) in [7, 11) is 0.